The number of carbonyl (C=O) groups is 2. The van der Waals surface area contributed by atoms with Gasteiger partial charge in [-0.3, -0.25) is 14.5 Å². The van der Waals surface area contributed by atoms with Gasteiger partial charge in [0.15, 0.2) is 5.65 Å². The number of rotatable bonds is 10. The predicted octanol–water partition coefficient (Wildman–Crippen LogP) is 5.30. The molecule has 0 radical (unpaired) electrons. The molecule has 9 rings (SSSR count). The minimum Gasteiger partial charge on any atom is -0.496 e. The number of ether oxygens (including phenoxy) is 1. The Kier molecular flexibility index (Phi) is 10.3. The van der Waals surface area contributed by atoms with E-state index >= 15 is 0 Å². The molecule has 2 amide bonds. The molecule has 6 aromatic rings. The molecule has 3 aliphatic heterocycles. The maximum Gasteiger partial charge on any atom is 0.255 e. The first kappa shape index (κ1) is 37.9. The third-order valence-electron chi connectivity index (χ3n) is 11.8. The van der Waals surface area contributed by atoms with Gasteiger partial charge in [-0.25, -0.2) is 24.0 Å². The third-order valence-corrected chi connectivity index (χ3v) is 11.8. The number of nitrogens with zero attached hydrogens (tertiary/aromatic N) is 9. The summed E-state index contributed by atoms with van der Waals surface area (Å²) in [6, 6.07) is 22.3. The van der Waals surface area contributed by atoms with E-state index in [1.54, 1.807) is 4.90 Å². The highest BCUT2D eigenvalue weighted by Gasteiger charge is 2.28. The topological polar surface area (TPSA) is 151 Å². The van der Waals surface area contributed by atoms with Crippen molar-refractivity contribution < 1.29 is 18.7 Å². The first-order valence-electron chi connectivity index (χ1n) is 20.0. The van der Waals surface area contributed by atoms with Gasteiger partial charge in [0.2, 0.25) is 0 Å². The van der Waals surface area contributed by atoms with Crippen molar-refractivity contribution in [3.8, 4) is 17.0 Å². The van der Waals surface area contributed by atoms with Crippen LogP contribution in [0.1, 0.15) is 56.3 Å². The van der Waals surface area contributed by atoms with Crippen LogP contribution in [-0.2, 0) is 19.6 Å². The van der Waals surface area contributed by atoms with Crippen molar-refractivity contribution in [1.29, 1.82) is 0 Å². The van der Waals surface area contributed by atoms with Crippen LogP contribution in [0.5, 0.6) is 5.75 Å². The van der Waals surface area contributed by atoms with Crippen molar-refractivity contribution in [2.75, 3.05) is 69.0 Å². The second-order valence-corrected chi connectivity index (χ2v) is 15.5. The summed E-state index contributed by atoms with van der Waals surface area (Å²) in [5.41, 5.74) is 14.0. The van der Waals surface area contributed by atoms with E-state index < -0.39 is 11.7 Å². The Hall–Kier alpha value is -6.61. The first-order chi connectivity index (χ1) is 28.7. The van der Waals surface area contributed by atoms with E-state index in [1.807, 2.05) is 48.3 Å². The molecule has 3 N–H and O–H groups in total. The molecule has 59 heavy (non-hydrogen) atoms. The maximum absolute atomic E-state index is 13.8. The lowest BCUT2D eigenvalue weighted by Crippen LogP contribution is -2.46. The summed E-state index contributed by atoms with van der Waals surface area (Å²) in [4.78, 5) is 47.9. The second-order valence-electron chi connectivity index (χ2n) is 15.5. The van der Waals surface area contributed by atoms with Crippen LogP contribution < -0.4 is 25.6 Å². The molecule has 0 bridgehead atoms. The molecule has 14 nitrogen and oxygen atoms in total. The number of piperidine rings is 1. The lowest BCUT2D eigenvalue weighted by Gasteiger charge is -2.36. The number of pyridine rings is 1. The molecule has 0 aliphatic carbocycles. The van der Waals surface area contributed by atoms with Crippen LogP contribution >= 0.6 is 0 Å². The summed E-state index contributed by atoms with van der Waals surface area (Å²) < 4.78 is 21.1. The molecule has 6 heterocycles. The fraction of sp³-hybridized carbons (Fsp3) is 0.318. The number of piperazine rings is 1. The van der Waals surface area contributed by atoms with Crippen LogP contribution in [0, 0.1) is 5.82 Å². The zero-order chi connectivity index (χ0) is 40.6. The zero-order valence-electron chi connectivity index (χ0n) is 33.1. The van der Waals surface area contributed by atoms with Crippen molar-refractivity contribution in [1.82, 2.24) is 39.8 Å². The monoisotopic (exact) mass is 795 g/mol. The zero-order valence-corrected chi connectivity index (χ0v) is 33.1. The Morgan fingerprint density at radius 1 is 0.898 bits per heavy atom. The summed E-state index contributed by atoms with van der Waals surface area (Å²) >= 11 is 0. The minimum atomic E-state index is -0.511. The Morgan fingerprint density at radius 2 is 1.68 bits per heavy atom. The average Bonchev–Trinajstić information content (AvgIpc) is 3.80. The first-order valence-corrected chi connectivity index (χ1v) is 20.0. The number of fused-ring (bicyclic) bond motifs is 2. The van der Waals surface area contributed by atoms with Gasteiger partial charge < -0.3 is 30.5 Å². The lowest BCUT2D eigenvalue weighted by atomic mass is 10.0. The van der Waals surface area contributed by atoms with Gasteiger partial charge >= 0.3 is 0 Å². The van der Waals surface area contributed by atoms with Crippen LogP contribution in [0.25, 0.3) is 22.3 Å². The van der Waals surface area contributed by atoms with E-state index in [2.05, 4.69) is 54.2 Å². The number of amides is 2. The molecular formula is C44H46FN11O3. The number of nitrogen functional groups attached to an aromatic ring is 1. The molecule has 0 atom stereocenters. The van der Waals surface area contributed by atoms with Crippen molar-refractivity contribution in [2.24, 2.45) is 0 Å². The molecule has 0 spiro atoms. The maximum atomic E-state index is 13.8. The second kappa shape index (κ2) is 16.0. The molecule has 15 heteroatoms. The van der Waals surface area contributed by atoms with Gasteiger partial charge in [-0.1, -0.05) is 30.3 Å². The molecule has 3 aliphatic rings. The summed E-state index contributed by atoms with van der Waals surface area (Å²) in [7, 11) is 3.30. The fourth-order valence-corrected chi connectivity index (χ4v) is 8.48. The van der Waals surface area contributed by atoms with Crippen LogP contribution in [-0.4, -0.2) is 99.8 Å². The van der Waals surface area contributed by atoms with Crippen molar-refractivity contribution in [2.45, 2.75) is 38.5 Å². The highest BCUT2D eigenvalue weighted by Crippen LogP contribution is 2.35. The highest BCUT2D eigenvalue weighted by atomic mass is 19.1. The lowest BCUT2D eigenvalue weighted by molar-refractivity contribution is 0.0816. The van der Waals surface area contributed by atoms with Crippen LogP contribution in [0.15, 0.2) is 85.3 Å². The molecule has 2 fully saturated rings. The number of halogens is 1. The Morgan fingerprint density at radius 3 is 2.42 bits per heavy atom. The molecule has 302 valence electrons. The van der Waals surface area contributed by atoms with E-state index in [0.717, 1.165) is 92.8 Å². The number of hydrogen-bond donors (Lipinski definition) is 2. The van der Waals surface area contributed by atoms with Crippen molar-refractivity contribution >= 4 is 40.2 Å². The van der Waals surface area contributed by atoms with Crippen LogP contribution in [0.3, 0.4) is 0 Å². The van der Waals surface area contributed by atoms with Gasteiger partial charge in [-0.05, 0) is 72.0 Å². The number of aromatic nitrogens is 5. The molecular weight excluding hydrogens is 750 g/mol. The van der Waals surface area contributed by atoms with Gasteiger partial charge in [-0.2, -0.15) is 5.10 Å². The molecule has 3 aromatic heterocycles. The molecule has 2 saturated heterocycles. The number of nitrogens with one attached hydrogen (secondary N) is 1. The Balaban J connectivity index is 0.802. The van der Waals surface area contributed by atoms with Crippen LogP contribution in [0.4, 0.5) is 21.7 Å². The van der Waals surface area contributed by atoms with E-state index in [-0.39, 0.29) is 24.1 Å². The van der Waals surface area contributed by atoms with E-state index in [9.17, 15) is 14.0 Å². The summed E-state index contributed by atoms with van der Waals surface area (Å²) in [5, 5.41) is 8.63. The van der Waals surface area contributed by atoms with Crippen molar-refractivity contribution in [3.63, 3.8) is 0 Å². The molecule has 3 aromatic carbocycles. The van der Waals surface area contributed by atoms with Crippen LogP contribution in [0.2, 0.25) is 0 Å². The summed E-state index contributed by atoms with van der Waals surface area (Å²) in [6.45, 7) is 7.25. The van der Waals surface area contributed by atoms with Gasteiger partial charge in [0.05, 0.1) is 24.1 Å². The fourth-order valence-electron chi connectivity index (χ4n) is 8.48. The number of anilines is 3. The number of nitrogens with two attached hydrogens (primary N) is 1. The third kappa shape index (κ3) is 7.60. The van der Waals surface area contributed by atoms with Crippen molar-refractivity contribution in [3.05, 3.63) is 119 Å². The predicted molar refractivity (Wildman–Crippen MR) is 224 cm³/mol. The standard InChI is InChI=1S/C44H46FN11O3/c1-52-26-31-21-34(9-10-35(31)44(52)58)54-19-17-53(18-20-54)25-29-5-12-38(47-24-29)55-15-13-33(14-16-55)56-42-39(41(46)49-27-50-42)40(51-56)30-6-3-28(4-7-30)23-48-43(57)36-22-32(45)8-11-37(36)59-2/h3-12,21-22,24,27,33H,13-20,23,25-26H2,1-2H3,(H,48,57)(H2,46,49,50). The number of benzene rings is 3. The Labute approximate surface area is 341 Å². The van der Waals surface area contributed by atoms with E-state index in [0.29, 0.717) is 34.8 Å². The highest BCUT2D eigenvalue weighted by molar-refractivity contribution is 5.99. The molecule has 0 saturated carbocycles. The van der Waals surface area contributed by atoms with Gasteiger partial charge in [0.1, 0.15) is 35.2 Å². The smallest absolute Gasteiger partial charge is 0.255 e. The summed E-state index contributed by atoms with van der Waals surface area (Å²) in [6.07, 6.45) is 5.21. The average molecular weight is 796 g/mol. The SMILES string of the molecule is COc1ccc(F)cc1C(=O)NCc1ccc(-c2nn(C3CCN(c4ccc(CN5CCN(c6ccc7c(c6)CN(C)C7=O)CC5)cn4)CC3)c3ncnc(N)c23)cc1. The van der Waals surface area contributed by atoms with E-state index in [4.69, 9.17) is 20.6 Å². The van der Waals surface area contributed by atoms with Gasteiger partial charge in [0.25, 0.3) is 11.8 Å². The largest absolute Gasteiger partial charge is 0.496 e. The van der Waals surface area contributed by atoms with E-state index in [1.165, 1.54) is 36.8 Å². The number of hydrogen-bond acceptors (Lipinski definition) is 11. The normalized spacial score (nSPS) is 16.2. The quantitative estimate of drug-likeness (QED) is 0.186. The summed E-state index contributed by atoms with van der Waals surface area (Å²) in [5.74, 6) is 0.810. The van der Waals surface area contributed by atoms with Gasteiger partial charge in [0, 0.05) is 89.0 Å². The number of methoxy groups -OCH3 is 1. The Bertz CT molecular complexity index is 2510. The van der Waals surface area contributed by atoms with Gasteiger partial charge in [-0.15, -0.1) is 0 Å². The molecule has 0 unspecified atom stereocenters. The number of carbonyl (C=O) groups excluding carboxylic acids is 2. The minimum absolute atomic E-state index is 0.107.